The van der Waals surface area contributed by atoms with Crippen LogP contribution in [0, 0.1) is 0 Å². The summed E-state index contributed by atoms with van der Waals surface area (Å²) in [5.74, 6) is 0. The summed E-state index contributed by atoms with van der Waals surface area (Å²) in [5.41, 5.74) is 2.19. The molecule has 2 nitrogen and oxygen atoms in total. The Balaban J connectivity index is 1.67. The van der Waals surface area contributed by atoms with Crippen molar-refractivity contribution in [3.8, 4) is 0 Å². The van der Waals surface area contributed by atoms with Gasteiger partial charge >= 0.3 is 0 Å². The number of aliphatic hydroxyl groups is 1. The van der Waals surface area contributed by atoms with E-state index in [9.17, 15) is 5.11 Å². The third-order valence-electron chi connectivity index (χ3n) is 4.94. The van der Waals surface area contributed by atoms with E-state index in [1.807, 2.05) is 0 Å². The van der Waals surface area contributed by atoms with Crippen LogP contribution in [0.5, 0.6) is 0 Å². The van der Waals surface area contributed by atoms with Crippen LogP contribution in [0.4, 0.5) is 0 Å². The average Bonchev–Trinajstić information content (AvgIpc) is 2.86. The van der Waals surface area contributed by atoms with E-state index < -0.39 is 5.60 Å². The summed E-state index contributed by atoms with van der Waals surface area (Å²) >= 11 is 0. The van der Waals surface area contributed by atoms with Crippen molar-refractivity contribution in [2.75, 3.05) is 13.1 Å². The molecule has 2 atom stereocenters. The fourth-order valence-electron chi connectivity index (χ4n) is 3.75. The largest absolute Gasteiger partial charge is 0.389 e. The van der Waals surface area contributed by atoms with Gasteiger partial charge in [-0.1, -0.05) is 31.2 Å². The monoisotopic (exact) mass is 259 g/mol. The molecule has 0 bridgehead atoms. The van der Waals surface area contributed by atoms with Crippen molar-refractivity contribution in [1.29, 1.82) is 0 Å². The summed E-state index contributed by atoms with van der Waals surface area (Å²) in [6, 6.07) is 9.41. The Morgan fingerprint density at radius 3 is 2.68 bits per heavy atom. The number of piperidine rings is 1. The van der Waals surface area contributed by atoms with Crippen LogP contribution in [0.3, 0.4) is 0 Å². The zero-order chi connectivity index (χ0) is 13.3. The molecule has 2 heteroatoms. The first kappa shape index (κ1) is 13.1. The highest BCUT2D eigenvalue weighted by Gasteiger charge is 2.39. The van der Waals surface area contributed by atoms with Gasteiger partial charge in [-0.05, 0) is 49.8 Å². The van der Waals surface area contributed by atoms with Crippen LogP contribution in [0.1, 0.15) is 43.7 Å². The Morgan fingerprint density at radius 2 is 1.95 bits per heavy atom. The molecule has 0 spiro atoms. The van der Waals surface area contributed by atoms with Crippen molar-refractivity contribution in [1.82, 2.24) is 4.90 Å². The SMILES string of the molecule is CCc1ccc(CC2(O)CCN3CCCC3C2)cc1. The zero-order valence-corrected chi connectivity index (χ0v) is 11.9. The summed E-state index contributed by atoms with van der Waals surface area (Å²) in [6.45, 7) is 4.50. The van der Waals surface area contributed by atoms with Crippen molar-refractivity contribution in [2.45, 2.75) is 57.1 Å². The molecule has 0 saturated carbocycles. The summed E-state index contributed by atoms with van der Waals surface area (Å²) in [5, 5.41) is 10.9. The zero-order valence-electron chi connectivity index (χ0n) is 11.9. The van der Waals surface area contributed by atoms with Crippen LogP contribution in [-0.4, -0.2) is 34.7 Å². The standard InChI is InChI=1S/C17H25NO/c1-2-14-5-7-15(8-6-14)12-17(19)9-11-18-10-3-4-16(18)13-17/h5-8,16,19H,2-4,9-13H2,1H3. The number of aryl methyl sites for hydroxylation is 1. The Kier molecular flexibility index (Phi) is 3.64. The third kappa shape index (κ3) is 2.85. The summed E-state index contributed by atoms with van der Waals surface area (Å²) in [7, 11) is 0. The van der Waals surface area contributed by atoms with Gasteiger partial charge in [0.25, 0.3) is 0 Å². The van der Waals surface area contributed by atoms with Gasteiger partial charge in [-0.2, -0.15) is 0 Å². The average molecular weight is 259 g/mol. The van der Waals surface area contributed by atoms with Crippen LogP contribution in [0.15, 0.2) is 24.3 Å². The molecule has 19 heavy (non-hydrogen) atoms. The van der Waals surface area contributed by atoms with Gasteiger partial charge in [-0.15, -0.1) is 0 Å². The first-order valence-electron chi connectivity index (χ1n) is 7.73. The van der Waals surface area contributed by atoms with Crippen molar-refractivity contribution in [3.05, 3.63) is 35.4 Å². The van der Waals surface area contributed by atoms with Crippen molar-refractivity contribution >= 4 is 0 Å². The van der Waals surface area contributed by atoms with Gasteiger partial charge in [0.2, 0.25) is 0 Å². The molecule has 1 aromatic carbocycles. The van der Waals surface area contributed by atoms with E-state index in [4.69, 9.17) is 0 Å². The maximum atomic E-state index is 10.9. The van der Waals surface area contributed by atoms with E-state index in [0.717, 1.165) is 32.2 Å². The van der Waals surface area contributed by atoms with Crippen LogP contribution >= 0.6 is 0 Å². The molecule has 0 aromatic heterocycles. The van der Waals surface area contributed by atoms with Gasteiger partial charge in [0.05, 0.1) is 5.60 Å². The first-order valence-corrected chi connectivity index (χ1v) is 7.73. The van der Waals surface area contributed by atoms with E-state index in [1.165, 1.54) is 30.5 Å². The van der Waals surface area contributed by atoms with E-state index in [2.05, 4.69) is 36.1 Å². The molecule has 104 valence electrons. The number of fused-ring (bicyclic) bond motifs is 1. The number of nitrogens with zero attached hydrogens (tertiary/aromatic N) is 1. The van der Waals surface area contributed by atoms with Crippen LogP contribution in [0.2, 0.25) is 0 Å². The van der Waals surface area contributed by atoms with E-state index in [-0.39, 0.29) is 0 Å². The number of benzene rings is 1. The molecule has 0 aliphatic carbocycles. The topological polar surface area (TPSA) is 23.5 Å². The van der Waals surface area contributed by atoms with Gasteiger partial charge in [0.1, 0.15) is 0 Å². The highest BCUT2D eigenvalue weighted by atomic mass is 16.3. The van der Waals surface area contributed by atoms with E-state index in [1.54, 1.807) is 0 Å². The molecule has 1 N–H and O–H groups in total. The second-order valence-corrected chi connectivity index (χ2v) is 6.36. The maximum absolute atomic E-state index is 10.9. The summed E-state index contributed by atoms with van der Waals surface area (Å²) in [4.78, 5) is 2.56. The Bertz CT molecular complexity index is 427. The van der Waals surface area contributed by atoms with Crippen LogP contribution < -0.4 is 0 Å². The van der Waals surface area contributed by atoms with E-state index in [0.29, 0.717) is 6.04 Å². The molecule has 2 unspecified atom stereocenters. The van der Waals surface area contributed by atoms with Crippen LogP contribution in [-0.2, 0) is 12.8 Å². The highest BCUT2D eigenvalue weighted by Crippen LogP contribution is 2.35. The fraction of sp³-hybridized carbons (Fsp3) is 0.647. The first-order chi connectivity index (χ1) is 9.18. The Labute approximate surface area is 116 Å². The van der Waals surface area contributed by atoms with Crippen molar-refractivity contribution in [3.63, 3.8) is 0 Å². The minimum atomic E-state index is -0.473. The third-order valence-corrected chi connectivity index (χ3v) is 4.94. The minimum Gasteiger partial charge on any atom is -0.389 e. The molecule has 2 fully saturated rings. The highest BCUT2D eigenvalue weighted by molar-refractivity contribution is 5.24. The van der Waals surface area contributed by atoms with Crippen molar-refractivity contribution < 1.29 is 5.11 Å². The maximum Gasteiger partial charge on any atom is 0.0715 e. The molecule has 0 amide bonds. The van der Waals surface area contributed by atoms with Crippen molar-refractivity contribution in [2.24, 2.45) is 0 Å². The molecule has 2 saturated heterocycles. The van der Waals surface area contributed by atoms with E-state index >= 15 is 0 Å². The molecular weight excluding hydrogens is 234 g/mol. The predicted molar refractivity (Wildman–Crippen MR) is 78.3 cm³/mol. The summed E-state index contributed by atoms with van der Waals surface area (Å²) in [6.07, 6.45) is 6.38. The molecule has 2 aliphatic heterocycles. The van der Waals surface area contributed by atoms with Gasteiger partial charge < -0.3 is 10.0 Å². The molecule has 3 rings (SSSR count). The molecular formula is C17H25NO. The Morgan fingerprint density at radius 1 is 1.21 bits per heavy atom. The predicted octanol–water partition coefficient (Wildman–Crippen LogP) is 2.78. The lowest BCUT2D eigenvalue weighted by atomic mass is 9.82. The quantitative estimate of drug-likeness (QED) is 0.902. The van der Waals surface area contributed by atoms with Gasteiger partial charge in [-0.25, -0.2) is 0 Å². The molecule has 2 aliphatic rings. The molecule has 1 aromatic rings. The van der Waals surface area contributed by atoms with Gasteiger partial charge in [0, 0.05) is 19.0 Å². The second kappa shape index (κ2) is 5.26. The minimum absolute atomic E-state index is 0.473. The normalized spacial score (nSPS) is 31.4. The fourth-order valence-corrected chi connectivity index (χ4v) is 3.75. The number of hydrogen-bond donors (Lipinski definition) is 1. The lowest BCUT2D eigenvalue weighted by Crippen LogP contribution is -2.48. The number of rotatable bonds is 3. The lowest BCUT2D eigenvalue weighted by Gasteiger charge is -2.41. The van der Waals surface area contributed by atoms with Gasteiger partial charge in [-0.3, -0.25) is 0 Å². The molecule has 0 radical (unpaired) electrons. The Hall–Kier alpha value is -0.860. The number of hydrogen-bond acceptors (Lipinski definition) is 2. The van der Waals surface area contributed by atoms with Gasteiger partial charge in [0.15, 0.2) is 0 Å². The second-order valence-electron chi connectivity index (χ2n) is 6.36. The summed E-state index contributed by atoms with van der Waals surface area (Å²) < 4.78 is 0. The molecule has 2 heterocycles. The van der Waals surface area contributed by atoms with Crippen LogP contribution in [0.25, 0.3) is 0 Å². The lowest BCUT2D eigenvalue weighted by molar-refractivity contribution is -0.0354. The smallest absolute Gasteiger partial charge is 0.0715 e.